The maximum absolute atomic E-state index is 13.4. The van der Waals surface area contributed by atoms with Gasteiger partial charge in [0.2, 0.25) is 5.91 Å². The average molecular weight is 513 g/mol. The third-order valence-electron chi connectivity index (χ3n) is 5.73. The lowest BCUT2D eigenvalue weighted by molar-refractivity contribution is -0.113. The van der Waals surface area contributed by atoms with Gasteiger partial charge in [0.25, 0.3) is 5.91 Å². The summed E-state index contributed by atoms with van der Waals surface area (Å²) in [5, 5.41) is 4.99. The van der Waals surface area contributed by atoms with Crippen LogP contribution in [0.4, 0.5) is 15.8 Å². The van der Waals surface area contributed by atoms with Crippen LogP contribution in [0.25, 0.3) is 0 Å². The predicted molar refractivity (Wildman–Crippen MR) is 141 cm³/mol. The maximum Gasteiger partial charge on any atom is 0.254 e. The van der Waals surface area contributed by atoms with Crippen molar-refractivity contribution in [3.63, 3.8) is 0 Å². The minimum absolute atomic E-state index is 0.00277. The van der Waals surface area contributed by atoms with Crippen molar-refractivity contribution in [1.82, 2.24) is 9.88 Å². The van der Waals surface area contributed by atoms with E-state index < -0.39 is 5.82 Å². The van der Waals surface area contributed by atoms with Gasteiger partial charge in [-0.1, -0.05) is 38.6 Å². The van der Waals surface area contributed by atoms with E-state index in [1.165, 1.54) is 23.9 Å². The number of halogens is 1. The number of nitrogens with zero attached hydrogens (tertiary/aromatic N) is 3. The zero-order valence-corrected chi connectivity index (χ0v) is 21.7. The van der Waals surface area contributed by atoms with E-state index in [-0.39, 0.29) is 17.2 Å². The first-order valence-electron chi connectivity index (χ1n) is 11.5. The van der Waals surface area contributed by atoms with E-state index in [0.29, 0.717) is 37.5 Å². The van der Waals surface area contributed by atoms with Gasteiger partial charge in [0.1, 0.15) is 5.82 Å². The van der Waals surface area contributed by atoms with E-state index >= 15 is 0 Å². The van der Waals surface area contributed by atoms with Crippen LogP contribution < -0.4 is 10.2 Å². The SMILES string of the molecule is CC(C)(C)c1csc(SCC(=O)Nc2ccc(N3CCN(C(=O)c4cccc(F)c4)CC3)cc2)n1. The Morgan fingerprint density at radius 1 is 1.09 bits per heavy atom. The molecule has 1 aliphatic rings. The molecule has 1 N–H and O–H groups in total. The molecule has 0 radical (unpaired) electrons. The molecule has 0 bridgehead atoms. The Balaban J connectivity index is 1.25. The fourth-order valence-electron chi connectivity index (χ4n) is 3.72. The molecule has 0 saturated carbocycles. The lowest BCUT2D eigenvalue weighted by Crippen LogP contribution is -2.48. The molecule has 1 aromatic heterocycles. The number of thiazole rings is 1. The van der Waals surface area contributed by atoms with Gasteiger partial charge < -0.3 is 15.1 Å². The Labute approximate surface area is 213 Å². The number of hydrogen-bond acceptors (Lipinski definition) is 6. The molecule has 3 aromatic rings. The number of rotatable bonds is 6. The number of hydrogen-bond donors (Lipinski definition) is 1. The van der Waals surface area contributed by atoms with Crippen LogP contribution in [0, 0.1) is 5.82 Å². The van der Waals surface area contributed by atoms with Crippen molar-refractivity contribution >= 4 is 46.3 Å². The normalized spacial score (nSPS) is 14.2. The predicted octanol–water partition coefficient (Wildman–Crippen LogP) is 5.27. The van der Waals surface area contributed by atoms with Crippen LogP contribution in [0.3, 0.4) is 0 Å². The molecule has 6 nitrogen and oxygen atoms in total. The fourth-order valence-corrected chi connectivity index (χ4v) is 5.57. The van der Waals surface area contributed by atoms with Gasteiger partial charge >= 0.3 is 0 Å². The number of carbonyl (C=O) groups is 2. The molecule has 1 saturated heterocycles. The number of piperazine rings is 1. The van der Waals surface area contributed by atoms with Crippen molar-refractivity contribution in [3.8, 4) is 0 Å². The summed E-state index contributed by atoms with van der Waals surface area (Å²) in [4.78, 5) is 33.6. The summed E-state index contributed by atoms with van der Waals surface area (Å²) in [7, 11) is 0. The standard InChI is InChI=1S/C26H29FN4O2S2/c1-26(2,3)22-16-34-25(29-22)35-17-23(32)28-20-7-9-21(10-8-20)30-11-13-31(14-12-30)24(33)18-5-4-6-19(27)15-18/h4-10,15-16H,11-14,17H2,1-3H3,(H,28,32). The molecule has 4 rings (SSSR count). The van der Waals surface area contributed by atoms with Crippen LogP contribution in [0.5, 0.6) is 0 Å². The summed E-state index contributed by atoms with van der Waals surface area (Å²) in [5.74, 6) is -0.314. The largest absolute Gasteiger partial charge is 0.368 e. The van der Waals surface area contributed by atoms with Crippen LogP contribution in [0.15, 0.2) is 58.3 Å². The Hall–Kier alpha value is -2.91. The number of amides is 2. The average Bonchev–Trinajstić information content (AvgIpc) is 3.33. The number of aromatic nitrogens is 1. The minimum atomic E-state index is -0.405. The number of benzene rings is 2. The quantitative estimate of drug-likeness (QED) is 0.456. The first-order valence-corrected chi connectivity index (χ1v) is 13.3. The van der Waals surface area contributed by atoms with E-state index in [2.05, 4.69) is 41.4 Å². The molecule has 0 atom stereocenters. The topological polar surface area (TPSA) is 65.5 Å². The van der Waals surface area contributed by atoms with Crippen LogP contribution >= 0.6 is 23.1 Å². The van der Waals surface area contributed by atoms with Crippen molar-refractivity contribution in [2.24, 2.45) is 0 Å². The van der Waals surface area contributed by atoms with E-state index in [9.17, 15) is 14.0 Å². The van der Waals surface area contributed by atoms with E-state index in [0.717, 1.165) is 21.4 Å². The third kappa shape index (κ3) is 6.61. The molecular formula is C26H29FN4O2S2. The van der Waals surface area contributed by atoms with Crippen molar-refractivity contribution < 1.29 is 14.0 Å². The van der Waals surface area contributed by atoms with E-state index in [4.69, 9.17) is 0 Å². The second-order valence-corrected chi connectivity index (χ2v) is 11.5. The summed E-state index contributed by atoms with van der Waals surface area (Å²) in [6, 6.07) is 13.5. The molecule has 1 fully saturated rings. The molecule has 0 unspecified atom stereocenters. The second-order valence-electron chi connectivity index (χ2n) is 9.42. The smallest absolute Gasteiger partial charge is 0.254 e. The zero-order chi connectivity index (χ0) is 25.0. The van der Waals surface area contributed by atoms with Crippen LogP contribution in [-0.2, 0) is 10.2 Å². The molecule has 2 heterocycles. The summed E-state index contributed by atoms with van der Waals surface area (Å²) in [6.45, 7) is 8.89. The highest BCUT2D eigenvalue weighted by molar-refractivity contribution is 8.01. The van der Waals surface area contributed by atoms with Gasteiger partial charge in [0.05, 0.1) is 11.4 Å². The van der Waals surface area contributed by atoms with Gasteiger partial charge in [-0.3, -0.25) is 9.59 Å². The number of carbonyl (C=O) groups excluding carboxylic acids is 2. The zero-order valence-electron chi connectivity index (χ0n) is 20.1. The van der Waals surface area contributed by atoms with E-state index in [1.807, 2.05) is 24.3 Å². The van der Waals surface area contributed by atoms with Gasteiger partial charge in [0.15, 0.2) is 4.34 Å². The Morgan fingerprint density at radius 2 is 1.80 bits per heavy atom. The highest BCUT2D eigenvalue weighted by atomic mass is 32.2. The highest BCUT2D eigenvalue weighted by Gasteiger charge is 2.23. The van der Waals surface area contributed by atoms with Gasteiger partial charge in [-0.25, -0.2) is 9.37 Å². The third-order valence-corrected chi connectivity index (χ3v) is 7.75. The lowest BCUT2D eigenvalue weighted by atomic mass is 9.93. The van der Waals surface area contributed by atoms with Gasteiger partial charge in [-0.05, 0) is 42.5 Å². The van der Waals surface area contributed by atoms with Crippen molar-refractivity contribution in [2.75, 3.05) is 42.1 Å². The maximum atomic E-state index is 13.4. The molecule has 1 aliphatic heterocycles. The first-order chi connectivity index (χ1) is 16.7. The van der Waals surface area contributed by atoms with Crippen molar-refractivity contribution in [3.05, 3.63) is 71.0 Å². The van der Waals surface area contributed by atoms with Crippen molar-refractivity contribution in [2.45, 2.75) is 30.5 Å². The number of anilines is 2. The lowest BCUT2D eigenvalue weighted by Gasteiger charge is -2.36. The molecule has 0 aliphatic carbocycles. The molecule has 184 valence electrons. The summed E-state index contributed by atoms with van der Waals surface area (Å²) in [6.07, 6.45) is 0. The Morgan fingerprint density at radius 3 is 2.43 bits per heavy atom. The number of thioether (sulfide) groups is 1. The van der Waals surface area contributed by atoms with Crippen LogP contribution in [0.2, 0.25) is 0 Å². The summed E-state index contributed by atoms with van der Waals surface area (Å²) in [5.41, 5.74) is 3.20. The van der Waals surface area contributed by atoms with Gasteiger partial charge in [-0.2, -0.15) is 0 Å². The first kappa shape index (κ1) is 25.2. The second kappa shape index (κ2) is 10.8. The summed E-state index contributed by atoms with van der Waals surface area (Å²) < 4.78 is 14.3. The highest BCUT2D eigenvalue weighted by Crippen LogP contribution is 2.29. The van der Waals surface area contributed by atoms with Crippen LogP contribution in [0.1, 0.15) is 36.8 Å². The molecule has 9 heteroatoms. The molecule has 0 spiro atoms. The Bertz CT molecular complexity index is 1180. The monoisotopic (exact) mass is 512 g/mol. The van der Waals surface area contributed by atoms with Crippen LogP contribution in [-0.4, -0.2) is 53.6 Å². The summed E-state index contributed by atoms with van der Waals surface area (Å²) >= 11 is 3.02. The molecule has 2 aromatic carbocycles. The molecule has 2 amide bonds. The Kier molecular flexibility index (Phi) is 7.76. The van der Waals surface area contributed by atoms with Gasteiger partial charge in [-0.15, -0.1) is 11.3 Å². The van der Waals surface area contributed by atoms with E-state index in [1.54, 1.807) is 28.4 Å². The molecule has 35 heavy (non-hydrogen) atoms. The van der Waals surface area contributed by atoms with Crippen molar-refractivity contribution in [1.29, 1.82) is 0 Å². The minimum Gasteiger partial charge on any atom is -0.368 e. The number of nitrogens with one attached hydrogen (secondary N) is 1. The fraction of sp³-hybridized carbons (Fsp3) is 0.346. The van der Waals surface area contributed by atoms with Gasteiger partial charge in [0, 0.05) is 53.9 Å². The molecular weight excluding hydrogens is 483 g/mol.